The van der Waals surface area contributed by atoms with E-state index in [0.717, 1.165) is 36.8 Å². The lowest BCUT2D eigenvalue weighted by molar-refractivity contribution is -0.134. The molecule has 0 unspecified atom stereocenters. The zero-order chi connectivity index (χ0) is 14.8. The number of aryl methyl sites for hydroxylation is 1. The summed E-state index contributed by atoms with van der Waals surface area (Å²) in [7, 11) is 0. The number of carbonyl (C=O) groups is 1. The van der Waals surface area contributed by atoms with Gasteiger partial charge in [-0.25, -0.2) is 0 Å². The van der Waals surface area contributed by atoms with E-state index < -0.39 is 0 Å². The number of ketones is 1. The van der Waals surface area contributed by atoms with Crippen LogP contribution in [0, 0.1) is 17.3 Å². The second-order valence-corrected chi connectivity index (χ2v) is 7.41. The minimum absolute atomic E-state index is 0.0160. The molecule has 0 aliphatic heterocycles. The van der Waals surface area contributed by atoms with Gasteiger partial charge in [0.25, 0.3) is 0 Å². The van der Waals surface area contributed by atoms with Crippen LogP contribution in [0.3, 0.4) is 0 Å². The smallest absolute Gasteiger partial charge is 0.141 e. The van der Waals surface area contributed by atoms with Crippen molar-refractivity contribution in [1.29, 1.82) is 0 Å². The number of aliphatic hydroxyl groups excluding tert-OH is 1. The summed E-state index contributed by atoms with van der Waals surface area (Å²) >= 11 is 0. The number of benzene rings is 1. The molecule has 2 fully saturated rings. The molecule has 112 valence electrons. The Morgan fingerprint density at radius 3 is 2.86 bits per heavy atom. The molecule has 3 aliphatic carbocycles. The molecule has 0 saturated heterocycles. The monoisotopic (exact) mass is 286 g/mol. The van der Waals surface area contributed by atoms with E-state index in [2.05, 4.69) is 6.92 Å². The van der Waals surface area contributed by atoms with Gasteiger partial charge in [-0.15, -0.1) is 0 Å². The Hall–Kier alpha value is -1.35. The summed E-state index contributed by atoms with van der Waals surface area (Å²) in [6.07, 6.45) is 3.98. The third kappa shape index (κ3) is 1.73. The summed E-state index contributed by atoms with van der Waals surface area (Å²) in [5.41, 5.74) is 2.04. The first-order chi connectivity index (χ1) is 10.0. The van der Waals surface area contributed by atoms with E-state index in [9.17, 15) is 15.0 Å². The van der Waals surface area contributed by atoms with Gasteiger partial charge in [0.15, 0.2) is 0 Å². The van der Waals surface area contributed by atoms with Gasteiger partial charge in [-0.2, -0.15) is 0 Å². The van der Waals surface area contributed by atoms with Gasteiger partial charge in [0.05, 0.1) is 6.10 Å². The standard InChI is InChI=1S/C18H22O3/c1-18-9-15(20)17-12-5-3-11(19)8-10(12)2-4-13(17)14(18)6-7-16(18)21/h3,5,8,13-14,16-17,19,21H,2,4,6-7,9H2,1H3/t13-,14+,16+,17+,18-/m1/s1. The molecule has 3 heteroatoms. The number of fused-ring (bicyclic) bond motifs is 5. The van der Waals surface area contributed by atoms with E-state index in [1.807, 2.05) is 12.1 Å². The van der Waals surface area contributed by atoms with Crippen LogP contribution in [0.2, 0.25) is 0 Å². The average Bonchev–Trinajstić information content (AvgIpc) is 2.74. The number of Topliss-reactive ketones (excluding diaryl/α,β-unsaturated/α-hetero) is 1. The second-order valence-electron chi connectivity index (χ2n) is 7.41. The van der Waals surface area contributed by atoms with E-state index in [1.165, 1.54) is 0 Å². The van der Waals surface area contributed by atoms with Gasteiger partial charge in [0.1, 0.15) is 11.5 Å². The second kappa shape index (κ2) is 4.33. The predicted octanol–water partition coefficient (Wildman–Crippen LogP) is 2.79. The summed E-state index contributed by atoms with van der Waals surface area (Å²) in [6.45, 7) is 2.11. The zero-order valence-electron chi connectivity index (χ0n) is 12.4. The fraction of sp³-hybridized carbons (Fsp3) is 0.611. The topological polar surface area (TPSA) is 57.5 Å². The zero-order valence-corrected chi connectivity index (χ0v) is 12.4. The maximum absolute atomic E-state index is 12.8. The van der Waals surface area contributed by atoms with Crippen molar-refractivity contribution in [3.05, 3.63) is 29.3 Å². The molecular weight excluding hydrogens is 264 g/mol. The van der Waals surface area contributed by atoms with Crippen LogP contribution in [0.4, 0.5) is 0 Å². The molecule has 0 aromatic heterocycles. The van der Waals surface area contributed by atoms with Crippen LogP contribution in [0.1, 0.15) is 49.7 Å². The normalized spacial score (nSPS) is 41.3. The number of hydrogen-bond donors (Lipinski definition) is 2. The maximum Gasteiger partial charge on any atom is 0.141 e. The third-order valence-electron chi connectivity index (χ3n) is 6.42. The summed E-state index contributed by atoms with van der Waals surface area (Å²) in [4.78, 5) is 12.8. The summed E-state index contributed by atoms with van der Waals surface area (Å²) in [6, 6.07) is 5.45. The summed E-state index contributed by atoms with van der Waals surface area (Å²) in [5.74, 6) is 1.38. The van der Waals surface area contributed by atoms with E-state index in [0.29, 0.717) is 18.3 Å². The number of aliphatic hydroxyl groups is 1. The van der Waals surface area contributed by atoms with Crippen LogP contribution >= 0.6 is 0 Å². The van der Waals surface area contributed by atoms with Crippen LogP contribution in [0.25, 0.3) is 0 Å². The number of hydrogen-bond acceptors (Lipinski definition) is 3. The molecule has 3 nitrogen and oxygen atoms in total. The van der Waals surface area contributed by atoms with E-state index in [4.69, 9.17) is 0 Å². The highest BCUT2D eigenvalue weighted by molar-refractivity contribution is 5.88. The molecule has 1 aromatic carbocycles. The van der Waals surface area contributed by atoms with Crippen molar-refractivity contribution in [2.24, 2.45) is 17.3 Å². The Kier molecular flexibility index (Phi) is 2.74. The maximum atomic E-state index is 12.8. The molecule has 0 spiro atoms. The first-order valence-corrected chi connectivity index (χ1v) is 8.03. The number of phenolic OH excluding ortho intramolecular Hbond substituents is 1. The molecule has 2 saturated carbocycles. The van der Waals surface area contributed by atoms with Crippen LogP contribution in [-0.2, 0) is 11.2 Å². The quantitative estimate of drug-likeness (QED) is 0.771. The van der Waals surface area contributed by atoms with Crippen molar-refractivity contribution < 1.29 is 15.0 Å². The number of phenols is 1. The first kappa shape index (κ1) is 13.3. The lowest BCUT2D eigenvalue weighted by atomic mass is 9.55. The number of rotatable bonds is 0. The molecule has 0 amide bonds. The molecule has 21 heavy (non-hydrogen) atoms. The van der Waals surface area contributed by atoms with Crippen LogP contribution < -0.4 is 0 Å². The Morgan fingerprint density at radius 2 is 2.05 bits per heavy atom. The third-order valence-corrected chi connectivity index (χ3v) is 6.42. The molecule has 0 radical (unpaired) electrons. The fourth-order valence-corrected chi connectivity index (χ4v) is 5.36. The van der Waals surface area contributed by atoms with Crippen LogP contribution in [0.5, 0.6) is 5.75 Å². The van der Waals surface area contributed by atoms with Gasteiger partial charge in [0, 0.05) is 17.8 Å². The van der Waals surface area contributed by atoms with Gasteiger partial charge < -0.3 is 10.2 Å². The van der Waals surface area contributed by atoms with Gasteiger partial charge in [-0.1, -0.05) is 13.0 Å². The molecule has 4 rings (SSSR count). The van der Waals surface area contributed by atoms with E-state index in [1.54, 1.807) is 6.07 Å². The molecule has 0 heterocycles. The molecule has 5 atom stereocenters. The number of carbonyl (C=O) groups excluding carboxylic acids is 1. The Labute approximate surface area is 125 Å². The van der Waals surface area contributed by atoms with E-state index >= 15 is 0 Å². The minimum atomic E-state index is -0.325. The molecule has 0 bridgehead atoms. The minimum Gasteiger partial charge on any atom is -0.508 e. The van der Waals surface area contributed by atoms with Gasteiger partial charge >= 0.3 is 0 Å². The van der Waals surface area contributed by atoms with Crippen molar-refractivity contribution in [3.63, 3.8) is 0 Å². The Bertz CT molecular complexity index is 608. The van der Waals surface area contributed by atoms with Crippen molar-refractivity contribution in [1.82, 2.24) is 0 Å². The van der Waals surface area contributed by atoms with Gasteiger partial charge in [-0.05, 0) is 60.8 Å². The highest BCUT2D eigenvalue weighted by atomic mass is 16.3. The van der Waals surface area contributed by atoms with Gasteiger partial charge in [0.2, 0.25) is 0 Å². The number of aromatic hydroxyl groups is 1. The highest BCUT2D eigenvalue weighted by Gasteiger charge is 2.57. The van der Waals surface area contributed by atoms with Crippen molar-refractivity contribution in [3.8, 4) is 5.75 Å². The first-order valence-electron chi connectivity index (χ1n) is 8.03. The molecule has 3 aliphatic rings. The molecule has 2 N–H and O–H groups in total. The van der Waals surface area contributed by atoms with Crippen LogP contribution in [-0.4, -0.2) is 22.1 Å². The largest absolute Gasteiger partial charge is 0.508 e. The predicted molar refractivity (Wildman–Crippen MR) is 79.1 cm³/mol. The molecular formula is C18H22O3. The van der Waals surface area contributed by atoms with Crippen molar-refractivity contribution in [2.45, 2.75) is 51.0 Å². The highest BCUT2D eigenvalue weighted by Crippen LogP contribution is 2.59. The average molecular weight is 286 g/mol. The molecule has 1 aromatic rings. The Balaban J connectivity index is 1.78. The van der Waals surface area contributed by atoms with Crippen molar-refractivity contribution >= 4 is 5.78 Å². The van der Waals surface area contributed by atoms with E-state index in [-0.39, 0.29) is 29.0 Å². The summed E-state index contributed by atoms with van der Waals surface area (Å²) in [5, 5.41) is 20.0. The lowest BCUT2D eigenvalue weighted by Crippen LogP contribution is -2.48. The summed E-state index contributed by atoms with van der Waals surface area (Å²) < 4.78 is 0. The lowest BCUT2D eigenvalue weighted by Gasteiger charge is -2.49. The Morgan fingerprint density at radius 1 is 1.24 bits per heavy atom. The van der Waals surface area contributed by atoms with Crippen LogP contribution in [0.15, 0.2) is 18.2 Å². The SMILES string of the molecule is C[C@@]12CC(=O)[C@H]3c4ccc(O)cc4CC[C@@H]3[C@@H]1CC[C@@H]2O. The van der Waals surface area contributed by atoms with Gasteiger partial charge in [-0.3, -0.25) is 4.79 Å². The van der Waals surface area contributed by atoms with Crippen molar-refractivity contribution in [2.75, 3.05) is 0 Å². The fourth-order valence-electron chi connectivity index (χ4n) is 5.36.